The number of benzene rings is 3. The van der Waals surface area contributed by atoms with E-state index < -0.39 is 53.9 Å². The average molecular weight is 861 g/mol. The predicted octanol–water partition coefficient (Wildman–Crippen LogP) is 6.08. The number of methoxy groups -OCH3 is 1. The van der Waals surface area contributed by atoms with Gasteiger partial charge in [-0.1, -0.05) is 51.1 Å². The average Bonchev–Trinajstić information content (AvgIpc) is 3.85. The Kier molecular flexibility index (Phi) is 16.6. The first-order valence-electron chi connectivity index (χ1n) is 19.9. The van der Waals surface area contributed by atoms with E-state index in [0.29, 0.717) is 35.8 Å². The molecular weight excluding hydrogens is 804 g/mol. The van der Waals surface area contributed by atoms with Gasteiger partial charge in [-0.25, -0.2) is 13.2 Å². The number of hydrogen-bond acceptors (Lipinski definition) is 13. The quantitative estimate of drug-likeness (QED) is 0.0876. The highest BCUT2D eigenvalue weighted by atomic mass is 32.2. The molecule has 0 spiro atoms. The zero-order chi connectivity index (χ0) is 42.6. The zero-order valence-electron chi connectivity index (χ0n) is 34.3. The van der Waals surface area contributed by atoms with Gasteiger partial charge in [0.1, 0.15) is 23.4 Å². The number of rotatable bonds is 22. The third kappa shape index (κ3) is 13.2. The Balaban J connectivity index is 1.31. The maximum absolute atomic E-state index is 14.1. The molecule has 324 valence electrons. The minimum Gasteiger partial charge on any atom is -0.497 e. The fourth-order valence-electron chi connectivity index (χ4n) is 6.82. The summed E-state index contributed by atoms with van der Waals surface area (Å²) in [5.74, 6) is 0.233. The molecule has 2 saturated heterocycles. The molecule has 59 heavy (non-hydrogen) atoms. The van der Waals surface area contributed by atoms with E-state index in [4.69, 9.17) is 32.9 Å². The number of carbonyl (C=O) groups is 2. The fourth-order valence-corrected chi connectivity index (χ4v) is 10.3. The van der Waals surface area contributed by atoms with E-state index in [-0.39, 0.29) is 74.4 Å². The van der Waals surface area contributed by atoms with Gasteiger partial charge >= 0.3 is 12.1 Å². The molecule has 1 amide bonds. The topological polar surface area (TPSA) is 185 Å². The van der Waals surface area contributed by atoms with Crippen molar-refractivity contribution in [3.05, 3.63) is 84.4 Å². The number of nitrogens with zero attached hydrogens (tertiary/aromatic N) is 1. The number of hydrogen-bond donors (Lipinski definition) is 2. The van der Waals surface area contributed by atoms with Crippen LogP contribution in [0.4, 0.5) is 4.79 Å². The second-order valence-corrected chi connectivity index (χ2v) is 19.6. The van der Waals surface area contributed by atoms with Crippen LogP contribution in [0.5, 0.6) is 17.2 Å². The van der Waals surface area contributed by atoms with Crippen molar-refractivity contribution in [3.8, 4) is 17.2 Å². The summed E-state index contributed by atoms with van der Waals surface area (Å²) < 4.78 is 82.4. The number of aliphatic hydroxyl groups excluding tert-OH is 1. The van der Waals surface area contributed by atoms with E-state index in [1.54, 1.807) is 74.5 Å². The SMILES string of the molecule is CCOC(=O)[C@@H](C)CCP(=O)(COc1ccc(C[C@H](NC(=O)O[C@H]2CO[C@H]3OCC[C@H]32)[C@H](O)CN(CC(C)C)S(=O)(=O)c2ccc(OC)cc2)cc1)Oc1ccccc1. The van der Waals surface area contributed by atoms with Crippen molar-refractivity contribution in [2.24, 2.45) is 17.8 Å². The number of alkyl carbamates (subject to hydrolysis) is 1. The second-order valence-electron chi connectivity index (χ2n) is 15.2. The second kappa shape index (κ2) is 21.4. The van der Waals surface area contributed by atoms with E-state index in [2.05, 4.69) is 5.32 Å². The molecule has 2 heterocycles. The molecule has 5 rings (SSSR count). The van der Waals surface area contributed by atoms with Crippen molar-refractivity contribution in [1.82, 2.24) is 9.62 Å². The molecule has 0 radical (unpaired) electrons. The van der Waals surface area contributed by atoms with E-state index in [0.717, 1.165) is 0 Å². The van der Waals surface area contributed by atoms with Gasteiger partial charge in [0.2, 0.25) is 10.0 Å². The first-order valence-corrected chi connectivity index (χ1v) is 23.4. The van der Waals surface area contributed by atoms with Crippen molar-refractivity contribution in [1.29, 1.82) is 0 Å². The number of sulfonamides is 1. The summed E-state index contributed by atoms with van der Waals surface area (Å²) in [5, 5.41) is 14.6. The minimum atomic E-state index is -4.07. The standard InChI is InChI=1S/C42H57N2O13PS/c1-6-52-40(46)30(4)21-23-58(48,57-34-10-8-7-9-11-34)28-55-33-14-12-31(13-15-33)24-37(43-42(47)56-39-27-54-41-36(39)20-22-53-41)38(45)26-44(25-29(2)3)59(49,50)35-18-16-32(51-5)17-19-35/h7-19,29-30,36-39,41,45H,6,20-28H2,1-5H3,(H,43,47)/t30-,36-,37-,38+,39-,41+,58?/m0/s1. The number of amides is 1. The van der Waals surface area contributed by atoms with E-state index >= 15 is 0 Å². The van der Waals surface area contributed by atoms with Gasteiger partial charge in [0, 0.05) is 19.3 Å². The van der Waals surface area contributed by atoms with E-state index in [9.17, 15) is 27.7 Å². The summed E-state index contributed by atoms with van der Waals surface area (Å²) in [6.07, 6.45) is -2.29. The van der Waals surface area contributed by atoms with Crippen LogP contribution >= 0.6 is 7.37 Å². The van der Waals surface area contributed by atoms with Crippen LogP contribution in [0, 0.1) is 17.8 Å². The molecule has 0 aliphatic carbocycles. The number of esters is 1. The zero-order valence-corrected chi connectivity index (χ0v) is 36.0. The Morgan fingerprint density at radius 1 is 0.949 bits per heavy atom. The summed E-state index contributed by atoms with van der Waals surface area (Å²) in [6.45, 7) is 7.90. The van der Waals surface area contributed by atoms with Gasteiger partial charge in [-0.2, -0.15) is 4.31 Å². The lowest BCUT2D eigenvalue weighted by Gasteiger charge is -2.31. The third-order valence-corrected chi connectivity index (χ3v) is 13.9. The maximum atomic E-state index is 14.1. The molecule has 15 nitrogen and oxygen atoms in total. The Morgan fingerprint density at radius 2 is 1.64 bits per heavy atom. The van der Waals surface area contributed by atoms with Crippen LogP contribution in [-0.4, -0.2) is 107 Å². The van der Waals surface area contributed by atoms with Crippen molar-refractivity contribution in [3.63, 3.8) is 0 Å². The molecule has 2 aliphatic rings. The van der Waals surface area contributed by atoms with Gasteiger partial charge < -0.3 is 43.4 Å². The summed E-state index contributed by atoms with van der Waals surface area (Å²) in [6, 6.07) is 20.6. The maximum Gasteiger partial charge on any atom is 0.407 e. The molecule has 7 atom stereocenters. The lowest BCUT2D eigenvalue weighted by molar-refractivity contribution is -0.147. The first kappa shape index (κ1) is 45.9. The van der Waals surface area contributed by atoms with Gasteiger partial charge in [-0.3, -0.25) is 9.36 Å². The van der Waals surface area contributed by atoms with Crippen LogP contribution in [0.2, 0.25) is 0 Å². The monoisotopic (exact) mass is 860 g/mol. The van der Waals surface area contributed by atoms with Crippen molar-refractivity contribution in [2.75, 3.05) is 52.5 Å². The molecule has 2 fully saturated rings. The largest absolute Gasteiger partial charge is 0.497 e. The Hall–Kier alpha value is -4.18. The molecule has 3 aromatic carbocycles. The van der Waals surface area contributed by atoms with Gasteiger partial charge in [-0.05, 0) is 86.2 Å². The van der Waals surface area contributed by atoms with Crippen molar-refractivity contribution < 1.29 is 60.6 Å². The number of nitrogens with one attached hydrogen (secondary N) is 1. The molecule has 3 aromatic rings. The highest BCUT2D eigenvalue weighted by Gasteiger charge is 2.44. The van der Waals surface area contributed by atoms with E-state index in [1.807, 2.05) is 19.9 Å². The first-order chi connectivity index (χ1) is 28.2. The van der Waals surface area contributed by atoms with E-state index in [1.165, 1.54) is 23.5 Å². The molecule has 0 bridgehead atoms. The predicted molar refractivity (Wildman–Crippen MR) is 219 cm³/mol. The number of fused-ring (bicyclic) bond motifs is 1. The number of para-hydroxylation sites is 1. The van der Waals surface area contributed by atoms with Crippen LogP contribution in [0.25, 0.3) is 0 Å². The summed E-state index contributed by atoms with van der Waals surface area (Å²) in [7, 11) is -6.05. The lowest BCUT2D eigenvalue weighted by Crippen LogP contribution is -2.51. The highest BCUT2D eigenvalue weighted by Crippen LogP contribution is 2.48. The Labute approximate surface area is 347 Å². The molecule has 17 heteroatoms. The van der Waals surface area contributed by atoms with Gasteiger partial charge in [0.15, 0.2) is 12.6 Å². The summed E-state index contributed by atoms with van der Waals surface area (Å²) in [4.78, 5) is 25.7. The molecule has 2 aliphatic heterocycles. The summed E-state index contributed by atoms with van der Waals surface area (Å²) in [5.41, 5.74) is 0.676. The van der Waals surface area contributed by atoms with Crippen molar-refractivity contribution in [2.45, 2.75) is 76.4 Å². The smallest absolute Gasteiger partial charge is 0.407 e. The molecule has 0 saturated carbocycles. The van der Waals surface area contributed by atoms with Crippen LogP contribution in [0.1, 0.15) is 46.1 Å². The Bertz CT molecular complexity index is 1950. The van der Waals surface area contributed by atoms with Gasteiger partial charge in [-0.15, -0.1) is 0 Å². The normalized spacial score (nSPS) is 20.2. The number of aliphatic hydroxyl groups is 1. The van der Waals surface area contributed by atoms with Crippen molar-refractivity contribution >= 4 is 29.5 Å². The van der Waals surface area contributed by atoms with Gasteiger partial charge in [0.25, 0.3) is 7.37 Å². The molecule has 1 unspecified atom stereocenters. The van der Waals surface area contributed by atoms with Crippen LogP contribution in [0.3, 0.4) is 0 Å². The minimum absolute atomic E-state index is 0.0347. The highest BCUT2D eigenvalue weighted by molar-refractivity contribution is 7.89. The van der Waals surface area contributed by atoms with Gasteiger partial charge in [0.05, 0.1) is 55.8 Å². The van der Waals surface area contributed by atoms with Crippen LogP contribution < -0.4 is 19.3 Å². The lowest BCUT2D eigenvalue weighted by atomic mass is 10.0. The third-order valence-electron chi connectivity index (χ3n) is 10.1. The van der Waals surface area contributed by atoms with Crippen LogP contribution in [0.15, 0.2) is 83.8 Å². The molecule has 0 aromatic heterocycles. The van der Waals surface area contributed by atoms with Crippen LogP contribution in [-0.2, 0) is 44.8 Å². The number of ether oxygens (including phenoxy) is 6. The Morgan fingerprint density at radius 3 is 2.31 bits per heavy atom. The molecular formula is C42H57N2O13PS. The summed E-state index contributed by atoms with van der Waals surface area (Å²) >= 11 is 0. The molecule has 2 N–H and O–H groups in total. The fraction of sp³-hybridized carbons (Fsp3) is 0.524. The number of carbonyl (C=O) groups excluding carboxylic acids is 2.